The minimum absolute atomic E-state index is 0.0308. The molecule has 6 nitrogen and oxygen atoms in total. The van der Waals surface area contributed by atoms with Gasteiger partial charge in [0.25, 0.3) is 11.4 Å². The molecule has 31 heavy (non-hydrogen) atoms. The number of halogens is 2. The third-order valence-corrected chi connectivity index (χ3v) is 5.90. The number of hydrogen-bond acceptors (Lipinski definition) is 4. The number of pyridine rings is 2. The fourth-order valence-corrected chi connectivity index (χ4v) is 4.27. The van der Waals surface area contributed by atoms with E-state index in [2.05, 4.69) is 26.6 Å². The average molecular weight is 423 g/mol. The average Bonchev–Trinajstić information content (AvgIpc) is 2.72. The van der Waals surface area contributed by atoms with Gasteiger partial charge >= 0.3 is 0 Å². The molecule has 160 valence electrons. The molecule has 0 N–H and O–H groups in total. The van der Waals surface area contributed by atoms with E-state index in [4.69, 9.17) is 6.57 Å². The molecule has 1 aliphatic heterocycles. The summed E-state index contributed by atoms with van der Waals surface area (Å²) in [6, 6.07) is 8.63. The molecule has 1 aliphatic rings. The second kappa shape index (κ2) is 8.08. The fraction of sp³-hybridized carbons (Fsp3) is 0.348. The number of anilines is 1. The molecule has 0 amide bonds. The molecule has 0 spiro atoms. The molecule has 4 rings (SSSR count). The molecule has 3 aromatic rings. The summed E-state index contributed by atoms with van der Waals surface area (Å²) in [5.41, 5.74) is 2.45. The summed E-state index contributed by atoms with van der Waals surface area (Å²) in [6.07, 6.45) is 0. The number of aromatic nitrogens is 2. The van der Waals surface area contributed by atoms with Gasteiger partial charge < -0.3 is 14.3 Å². The third kappa shape index (κ3) is 4.01. The lowest BCUT2D eigenvalue weighted by Crippen LogP contribution is -2.56. The monoisotopic (exact) mass is 423 g/mol. The maximum atomic E-state index is 13.6. The van der Waals surface area contributed by atoms with Crippen LogP contribution in [-0.2, 0) is 13.6 Å². The molecule has 0 radical (unpaired) electrons. The van der Waals surface area contributed by atoms with E-state index < -0.39 is 11.6 Å². The van der Waals surface area contributed by atoms with E-state index in [0.717, 1.165) is 6.07 Å². The Hall–Kier alpha value is -3.31. The van der Waals surface area contributed by atoms with E-state index in [-0.39, 0.29) is 23.5 Å². The topological polar surface area (TPSA) is 45.7 Å². The van der Waals surface area contributed by atoms with Crippen LogP contribution in [0.4, 0.5) is 20.3 Å². The Morgan fingerprint density at radius 1 is 1.10 bits per heavy atom. The minimum atomic E-state index is -0.581. The lowest BCUT2D eigenvalue weighted by Gasteiger charge is -2.45. The quantitative estimate of drug-likeness (QED) is 0.600. The number of hydrogen-bond donors (Lipinski definition) is 0. The van der Waals surface area contributed by atoms with Gasteiger partial charge in [0.05, 0.1) is 11.2 Å². The summed E-state index contributed by atoms with van der Waals surface area (Å²) in [5.74, 6) is -0.884. The lowest BCUT2D eigenvalue weighted by atomic mass is 10.0. The van der Waals surface area contributed by atoms with Gasteiger partial charge in [-0.25, -0.2) is 8.78 Å². The van der Waals surface area contributed by atoms with Crippen LogP contribution in [0.5, 0.6) is 0 Å². The molecule has 2 aromatic heterocycles. The van der Waals surface area contributed by atoms with Gasteiger partial charge in [0.2, 0.25) is 5.52 Å². The Balaban J connectivity index is 1.67. The summed E-state index contributed by atoms with van der Waals surface area (Å²) in [6.45, 7) is 13.1. The van der Waals surface area contributed by atoms with Crippen molar-refractivity contribution in [3.63, 3.8) is 0 Å². The Morgan fingerprint density at radius 2 is 1.81 bits per heavy atom. The molecule has 3 heterocycles. The number of nitrogens with zero attached hydrogens (tertiary/aromatic N) is 5. The van der Waals surface area contributed by atoms with E-state index in [1.54, 1.807) is 25.2 Å². The number of aryl methyl sites for hydroxylation is 1. The highest BCUT2D eigenvalue weighted by molar-refractivity contribution is 5.89. The molecule has 0 aliphatic carbocycles. The zero-order chi connectivity index (χ0) is 22.3. The highest BCUT2D eigenvalue weighted by Gasteiger charge is 2.31. The second-order valence-electron chi connectivity index (χ2n) is 8.13. The highest BCUT2D eigenvalue weighted by Crippen LogP contribution is 2.30. The molecule has 0 saturated carbocycles. The number of rotatable bonds is 3. The zero-order valence-electron chi connectivity index (χ0n) is 17.6. The van der Waals surface area contributed by atoms with Gasteiger partial charge in [-0.15, -0.1) is 4.98 Å². The molecule has 0 bridgehead atoms. The molecular weight excluding hydrogens is 400 g/mol. The fourth-order valence-electron chi connectivity index (χ4n) is 4.27. The van der Waals surface area contributed by atoms with Gasteiger partial charge in [-0.1, -0.05) is 6.57 Å². The number of piperazine rings is 1. The van der Waals surface area contributed by atoms with E-state index in [0.29, 0.717) is 41.9 Å². The number of fused-ring (bicyclic) bond motifs is 1. The van der Waals surface area contributed by atoms with Gasteiger partial charge in [-0.3, -0.25) is 9.69 Å². The van der Waals surface area contributed by atoms with Crippen molar-refractivity contribution in [1.82, 2.24) is 14.5 Å². The van der Waals surface area contributed by atoms with Crippen LogP contribution < -0.4 is 10.5 Å². The van der Waals surface area contributed by atoms with Crippen LogP contribution in [0.1, 0.15) is 19.4 Å². The Kier molecular flexibility index (Phi) is 5.46. The maximum Gasteiger partial charge on any atom is 0.270 e. The first-order chi connectivity index (χ1) is 14.8. The van der Waals surface area contributed by atoms with Crippen molar-refractivity contribution >= 4 is 22.5 Å². The van der Waals surface area contributed by atoms with Crippen LogP contribution in [0.3, 0.4) is 0 Å². The molecule has 1 fully saturated rings. The predicted octanol–water partition coefficient (Wildman–Crippen LogP) is 3.86. The van der Waals surface area contributed by atoms with Crippen molar-refractivity contribution in [2.45, 2.75) is 32.5 Å². The van der Waals surface area contributed by atoms with Gasteiger partial charge in [-0.05, 0) is 43.7 Å². The smallest absolute Gasteiger partial charge is 0.270 e. The van der Waals surface area contributed by atoms with Crippen LogP contribution in [0.15, 0.2) is 41.2 Å². The molecule has 2 atom stereocenters. The van der Waals surface area contributed by atoms with E-state index in [1.807, 2.05) is 6.92 Å². The molecule has 8 heteroatoms. The highest BCUT2D eigenvalue weighted by atomic mass is 19.1. The first-order valence-corrected chi connectivity index (χ1v) is 10.1. The third-order valence-electron chi connectivity index (χ3n) is 5.90. The normalized spacial score (nSPS) is 19.5. The minimum Gasteiger partial charge on any atom is -0.362 e. The van der Waals surface area contributed by atoms with Gasteiger partial charge in [0.1, 0.15) is 11.6 Å². The summed E-state index contributed by atoms with van der Waals surface area (Å²) in [5, 5.41) is 0. The standard InChI is InChI=1S/C23H23F2N5O/c1-14-12-30(15(2)11-29(14)13-16-7-17(24)9-18(25)8-16)20-10-22(31)28(4)19-5-6-21(26-3)27-23(19)20/h5-10,14-15H,11-13H2,1-2,4H3/t14-,15+/m1/s1. The van der Waals surface area contributed by atoms with Crippen molar-refractivity contribution in [3.05, 3.63) is 75.4 Å². The summed E-state index contributed by atoms with van der Waals surface area (Å²) < 4.78 is 28.7. The molecular formula is C23H23F2N5O. The lowest BCUT2D eigenvalue weighted by molar-refractivity contribution is 0.158. The van der Waals surface area contributed by atoms with Crippen molar-refractivity contribution in [2.24, 2.45) is 7.05 Å². The molecule has 0 unspecified atom stereocenters. The molecule has 1 saturated heterocycles. The number of benzene rings is 1. The molecule has 1 aromatic carbocycles. The van der Waals surface area contributed by atoms with Gasteiger partial charge in [-0.2, -0.15) is 0 Å². The Bertz CT molecular complexity index is 1230. The van der Waals surface area contributed by atoms with Crippen LogP contribution in [0.25, 0.3) is 15.9 Å². The Morgan fingerprint density at radius 3 is 2.48 bits per heavy atom. The van der Waals surface area contributed by atoms with Crippen LogP contribution >= 0.6 is 0 Å². The van der Waals surface area contributed by atoms with Crippen LogP contribution in [0, 0.1) is 18.2 Å². The van der Waals surface area contributed by atoms with E-state index in [1.165, 1.54) is 16.7 Å². The predicted molar refractivity (Wildman–Crippen MR) is 116 cm³/mol. The zero-order valence-corrected chi connectivity index (χ0v) is 17.6. The van der Waals surface area contributed by atoms with Gasteiger partial charge in [0, 0.05) is 50.9 Å². The van der Waals surface area contributed by atoms with Crippen LogP contribution in [-0.4, -0.2) is 39.6 Å². The summed E-state index contributed by atoms with van der Waals surface area (Å²) in [4.78, 5) is 24.8. The largest absolute Gasteiger partial charge is 0.362 e. The maximum absolute atomic E-state index is 13.6. The second-order valence-corrected chi connectivity index (χ2v) is 8.13. The first kappa shape index (κ1) is 20.9. The van der Waals surface area contributed by atoms with Crippen molar-refractivity contribution in [1.29, 1.82) is 0 Å². The van der Waals surface area contributed by atoms with E-state index >= 15 is 0 Å². The summed E-state index contributed by atoms with van der Waals surface area (Å²) in [7, 11) is 1.69. The first-order valence-electron chi connectivity index (χ1n) is 10.1. The van der Waals surface area contributed by atoms with E-state index in [9.17, 15) is 13.6 Å². The van der Waals surface area contributed by atoms with Crippen molar-refractivity contribution in [2.75, 3.05) is 18.0 Å². The summed E-state index contributed by atoms with van der Waals surface area (Å²) >= 11 is 0. The van der Waals surface area contributed by atoms with Crippen molar-refractivity contribution in [3.8, 4) is 0 Å². The Labute approximate surface area is 179 Å². The van der Waals surface area contributed by atoms with Crippen LogP contribution in [0.2, 0.25) is 0 Å². The van der Waals surface area contributed by atoms with Gasteiger partial charge in [0.15, 0.2) is 0 Å². The SMILES string of the molecule is [C-]#[N+]c1ccc2c(n1)c(N1C[C@@H](C)N(Cc3cc(F)cc(F)c3)C[C@@H]1C)cc(=O)n2C. The van der Waals surface area contributed by atoms with Crippen molar-refractivity contribution < 1.29 is 8.78 Å².